The lowest BCUT2D eigenvalue weighted by Crippen LogP contribution is -2.61. The van der Waals surface area contributed by atoms with Crippen molar-refractivity contribution in [3.05, 3.63) is 36.1 Å². The van der Waals surface area contributed by atoms with Gasteiger partial charge in [-0.15, -0.1) is 6.58 Å². The minimum absolute atomic E-state index is 0.244. The van der Waals surface area contributed by atoms with E-state index in [1.54, 1.807) is 0 Å². The highest BCUT2D eigenvalue weighted by molar-refractivity contribution is 5.89. The molecular weight excluding hydrogens is 226 g/mol. The van der Waals surface area contributed by atoms with Gasteiger partial charge in [0.25, 0.3) is 0 Å². The summed E-state index contributed by atoms with van der Waals surface area (Å²) < 4.78 is 0. The maximum Gasteiger partial charge on any atom is 0.352 e. The summed E-state index contributed by atoms with van der Waals surface area (Å²) >= 11 is 0. The lowest BCUT2D eigenvalue weighted by molar-refractivity contribution is -0.137. The second kappa shape index (κ2) is 4.63. The van der Waals surface area contributed by atoms with Crippen LogP contribution in [0.25, 0.3) is 0 Å². The van der Waals surface area contributed by atoms with Crippen molar-refractivity contribution in [2.75, 3.05) is 0 Å². The Morgan fingerprint density at radius 1 is 1.50 bits per heavy atom. The minimum Gasteiger partial charge on any atom is -0.477 e. The Morgan fingerprint density at radius 3 is 2.67 bits per heavy atom. The number of carboxylic acids is 1. The van der Waals surface area contributed by atoms with Crippen LogP contribution in [0.1, 0.15) is 27.2 Å². The fourth-order valence-electron chi connectivity index (χ4n) is 3.35. The largest absolute Gasteiger partial charge is 0.477 e. The molecule has 1 N–H and O–H groups in total. The predicted octanol–water partition coefficient (Wildman–Crippen LogP) is 2.82. The summed E-state index contributed by atoms with van der Waals surface area (Å²) in [5.74, 6) is -0.158. The molecule has 0 aromatic heterocycles. The highest BCUT2D eigenvalue weighted by atomic mass is 16.4. The molecular formula is C15H21NO2. The number of rotatable bonds is 4. The molecule has 0 aromatic rings. The smallest absolute Gasteiger partial charge is 0.352 e. The van der Waals surface area contributed by atoms with Gasteiger partial charge in [-0.3, -0.25) is 0 Å². The molecule has 2 heterocycles. The van der Waals surface area contributed by atoms with Crippen LogP contribution in [0, 0.1) is 11.8 Å². The molecule has 0 radical (unpaired) electrons. The summed E-state index contributed by atoms with van der Waals surface area (Å²) in [5.41, 5.74) is 1.45. The van der Waals surface area contributed by atoms with Crippen LogP contribution >= 0.6 is 0 Å². The first-order valence-electron chi connectivity index (χ1n) is 6.59. The number of hydrogen-bond donors (Lipinski definition) is 1. The van der Waals surface area contributed by atoms with E-state index in [2.05, 4.69) is 32.3 Å². The Labute approximate surface area is 108 Å². The van der Waals surface area contributed by atoms with Gasteiger partial charge < -0.3 is 10.0 Å². The molecule has 0 aromatic carbocycles. The van der Waals surface area contributed by atoms with E-state index >= 15 is 0 Å². The summed E-state index contributed by atoms with van der Waals surface area (Å²) in [5, 5.41) is 9.44. The molecule has 3 nitrogen and oxygen atoms in total. The van der Waals surface area contributed by atoms with Crippen molar-refractivity contribution in [2.24, 2.45) is 11.8 Å². The topological polar surface area (TPSA) is 40.5 Å². The fourth-order valence-corrected chi connectivity index (χ4v) is 3.35. The SMILES string of the molecule is C=CC1C(C)N2C(C(=O)O)=C(/C=C/CC)C(C)C12. The standard InChI is InChI=1S/C15H21NO2/c1-5-7-8-12-9(3)13-11(6-2)10(4)16(13)14(12)15(17)18/h6-11,13H,2,5H2,1,3-4H3,(H,17,18)/b8-7+. The zero-order valence-electron chi connectivity index (χ0n) is 11.3. The second-order valence-electron chi connectivity index (χ2n) is 5.16. The molecule has 1 fully saturated rings. The lowest BCUT2D eigenvalue weighted by Gasteiger charge is -2.52. The number of fused-ring (bicyclic) bond motifs is 1. The molecule has 2 rings (SSSR count). The Balaban J connectivity index is 2.40. The molecule has 0 bridgehead atoms. The number of hydrogen-bond acceptors (Lipinski definition) is 2. The first kappa shape index (κ1) is 12.9. The van der Waals surface area contributed by atoms with Gasteiger partial charge in [-0.1, -0.05) is 32.1 Å². The van der Waals surface area contributed by atoms with Gasteiger partial charge in [0.1, 0.15) is 5.70 Å². The molecule has 0 saturated carbocycles. The van der Waals surface area contributed by atoms with Gasteiger partial charge >= 0.3 is 5.97 Å². The average molecular weight is 247 g/mol. The summed E-state index contributed by atoms with van der Waals surface area (Å²) in [6, 6.07) is 0.522. The Kier molecular flexibility index (Phi) is 3.33. The maximum atomic E-state index is 11.5. The molecule has 18 heavy (non-hydrogen) atoms. The molecule has 98 valence electrons. The highest BCUT2D eigenvalue weighted by Crippen LogP contribution is 2.49. The average Bonchev–Trinajstić information content (AvgIpc) is 2.58. The number of carboxylic acid groups (broad SMARTS) is 1. The molecule has 0 aliphatic carbocycles. The van der Waals surface area contributed by atoms with E-state index in [-0.39, 0.29) is 18.0 Å². The zero-order chi connectivity index (χ0) is 13.4. The maximum absolute atomic E-state index is 11.5. The van der Waals surface area contributed by atoms with Gasteiger partial charge in [0.15, 0.2) is 0 Å². The van der Waals surface area contributed by atoms with Crippen LogP contribution < -0.4 is 0 Å². The quantitative estimate of drug-likeness (QED) is 0.777. The molecule has 4 unspecified atom stereocenters. The van der Waals surface area contributed by atoms with Crippen molar-refractivity contribution in [3.63, 3.8) is 0 Å². The van der Waals surface area contributed by atoms with E-state index in [0.717, 1.165) is 12.0 Å². The van der Waals surface area contributed by atoms with Crippen LogP contribution in [0.15, 0.2) is 36.1 Å². The van der Waals surface area contributed by atoms with Crippen LogP contribution in [0.3, 0.4) is 0 Å². The fraction of sp³-hybridized carbons (Fsp3) is 0.533. The molecule has 3 heteroatoms. The van der Waals surface area contributed by atoms with E-state index in [4.69, 9.17) is 0 Å². The third-order valence-corrected chi connectivity index (χ3v) is 4.25. The summed E-state index contributed by atoms with van der Waals surface area (Å²) in [7, 11) is 0. The van der Waals surface area contributed by atoms with Crippen molar-refractivity contribution < 1.29 is 9.90 Å². The van der Waals surface area contributed by atoms with E-state index in [1.165, 1.54) is 0 Å². The van der Waals surface area contributed by atoms with Crippen LogP contribution in [-0.4, -0.2) is 28.1 Å². The van der Waals surface area contributed by atoms with E-state index in [0.29, 0.717) is 11.6 Å². The minimum atomic E-state index is -0.811. The van der Waals surface area contributed by atoms with Gasteiger partial charge in [0.05, 0.1) is 0 Å². The molecule has 1 saturated heterocycles. The van der Waals surface area contributed by atoms with E-state index in [9.17, 15) is 9.90 Å². The van der Waals surface area contributed by atoms with Gasteiger partial charge in [0.2, 0.25) is 0 Å². The van der Waals surface area contributed by atoms with Crippen molar-refractivity contribution >= 4 is 5.97 Å². The second-order valence-corrected chi connectivity index (χ2v) is 5.16. The zero-order valence-corrected chi connectivity index (χ0v) is 11.3. The monoisotopic (exact) mass is 247 g/mol. The van der Waals surface area contributed by atoms with Crippen LogP contribution in [-0.2, 0) is 4.79 Å². The number of carbonyl (C=O) groups is 1. The van der Waals surface area contributed by atoms with Crippen LogP contribution in [0.4, 0.5) is 0 Å². The highest BCUT2D eigenvalue weighted by Gasteiger charge is 2.54. The van der Waals surface area contributed by atoms with Crippen LogP contribution in [0.5, 0.6) is 0 Å². The Morgan fingerprint density at radius 2 is 2.17 bits per heavy atom. The van der Waals surface area contributed by atoms with Gasteiger partial charge in [0, 0.05) is 23.9 Å². The predicted molar refractivity (Wildman–Crippen MR) is 72.0 cm³/mol. The molecule has 0 spiro atoms. The molecule has 4 atom stereocenters. The van der Waals surface area contributed by atoms with Gasteiger partial charge in [-0.25, -0.2) is 4.79 Å². The normalized spacial score (nSPS) is 34.7. The summed E-state index contributed by atoms with van der Waals surface area (Å²) in [6.45, 7) is 10.1. The lowest BCUT2D eigenvalue weighted by atomic mass is 9.76. The first-order chi connectivity index (χ1) is 8.54. The van der Waals surface area contributed by atoms with Crippen molar-refractivity contribution in [2.45, 2.75) is 39.3 Å². The Hall–Kier alpha value is -1.51. The van der Waals surface area contributed by atoms with Crippen molar-refractivity contribution in [1.82, 2.24) is 4.90 Å². The first-order valence-corrected chi connectivity index (χ1v) is 6.59. The number of nitrogens with zero attached hydrogens (tertiary/aromatic N) is 1. The van der Waals surface area contributed by atoms with Crippen molar-refractivity contribution in [3.8, 4) is 0 Å². The molecule has 0 amide bonds. The third-order valence-electron chi connectivity index (χ3n) is 4.25. The van der Waals surface area contributed by atoms with E-state index < -0.39 is 5.97 Å². The van der Waals surface area contributed by atoms with Crippen LogP contribution in [0.2, 0.25) is 0 Å². The summed E-state index contributed by atoms with van der Waals surface area (Å²) in [4.78, 5) is 13.5. The summed E-state index contributed by atoms with van der Waals surface area (Å²) in [6.07, 6.45) is 6.91. The molecule has 2 aliphatic heterocycles. The van der Waals surface area contributed by atoms with E-state index in [1.807, 2.05) is 18.2 Å². The molecule has 2 aliphatic rings. The Bertz CT molecular complexity index is 436. The van der Waals surface area contributed by atoms with Crippen molar-refractivity contribution in [1.29, 1.82) is 0 Å². The number of aliphatic carboxylic acids is 1. The van der Waals surface area contributed by atoms with Gasteiger partial charge in [-0.05, 0) is 18.9 Å². The van der Waals surface area contributed by atoms with Gasteiger partial charge in [-0.2, -0.15) is 0 Å². The third kappa shape index (κ3) is 1.61. The number of allylic oxidation sites excluding steroid dienone is 2.